The first kappa shape index (κ1) is 12.2. The molecule has 1 aliphatic rings. The van der Waals surface area contributed by atoms with E-state index in [1.54, 1.807) is 7.11 Å². The number of hydrogen-bond acceptors (Lipinski definition) is 4. The van der Waals surface area contributed by atoms with E-state index in [0.29, 0.717) is 6.04 Å². The second-order valence-electron chi connectivity index (χ2n) is 4.15. The molecule has 0 saturated carbocycles. The molecular weight excluding hydrogens is 216 g/mol. The van der Waals surface area contributed by atoms with Gasteiger partial charge in [0.1, 0.15) is 5.75 Å². The third kappa shape index (κ3) is 2.70. The highest BCUT2D eigenvalue weighted by Crippen LogP contribution is 2.29. The van der Waals surface area contributed by atoms with Crippen LogP contribution in [-0.4, -0.2) is 46.5 Å². The van der Waals surface area contributed by atoms with Crippen molar-refractivity contribution in [2.24, 2.45) is 0 Å². The third-order valence-corrected chi connectivity index (χ3v) is 3.06. The van der Waals surface area contributed by atoms with E-state index in [4.69, 9.17) is 9.47 Å². The number of likely N-dealkylation sites (N-methyl/N-ethyl adjacent to an activating group) is 1. The first-order valence-electron chi connectivity index (χ1n) is 5.99. The van der Waals surface area contributed by atoms with Crippen molar-refractivity contribution in [3.05, 3.63) is 24.3 Å². The van der Waals surface area contributed by atoms with E-state index in [9.17, 15) is 0 Å². The summed E-state index contributed by atoms with van der Waals surface area (Å²) in [5.41, 5.74) is 1.15. The van der Waals surface area contributed by atoms with Gasteiger partial charge in [0.15, 0.2) is 0 Å². The Labute approximate surface area is 103 Å². The number of rotatable bonds is 4. The molecule has 1 atom stereocenters. The van der Waals surface area contributed by atoms with Gasteiger partial charge in [0, 0.05) is 13.1 Å². The molecule has 1 aliphatic heterocycles. The zero-order valence-corrected chi connectivity index (χ0v) is 10.5. The van der Waals surface area contributed by atoms with Crippen molar-refractivity contribution >= 4 is 5.69 Å². The van der Waals surface area contributed by atoms with Gasteiger partial charge in [-0.3, -0.25) is 0 Å². The lowest BCUT2D eigenvalue weighted by atomic mass is 10.1. The number of morpholine rings is 1. The van der Waals surface area contributed by atoms with Crippen molar-refractivity contribution in [2.45, 2.75) is 6.04 Å². The van der Waals surface area contributed by atoms with E-state index in [1.165, 1.54) is 0 Å². The van der Waals surface area contributed by atoms with Crippen molar-refractivity contribution in [1.29, 1.82) is 0 Å². The Balaban J connectivity index is 2.22. The summed E-state index contributed by atoms with van der Waals surface area (Å²) in [6, 6.07) is 8.51. The summed E-state index contributed by atoms with van der Waals surface area (Å²) in [6.45, 7) is 3.36. The molecule has 1 heterocycles. The average Bonchev–Trinajstić information content (AvgIpc) is 2.40. The van der Waals surface area contributed by atoms with Crippen LogP contribution < -0.4 is 15.0 Å². The Morgan fingerprint density at radius 2 is 2.29 bits per heavy atom. The maximum atomic E-state index is 5.54. The van der Waals surface area contributed by atoms with Crippen molar-refractivity contribution in [3.63, 3.8) is 0 Å². The Bertz CT molecular complexity index is 355. The molecule has 1 fully saturated rings. The summed E-state index contributed by atoms with van der Waals surface area (Å²) < 4.78 is 11.0. The zero-order valence-electron chi connectivity index (χ0n) is 10.5. The molecule has 2 rings (SSSR count). The van der Waals surface area contributed by atoms with Gasteiger partial charge in [-0.15, -0.1) is 0 Å². The highest BCUT2D eigenvalue weighted by atomic mass is 16.5. The number of hydrogen-bond donors (Lipinski definition) is 1. The standard InChI is InChI=1S/C13H20N2O2/c1-14-9-11-10-17-8-7-15(11)12-5-3-4-6-13(12)16-2/h3-6,11,14H,7-10H2,1-2H3. The lowest BCUT2D eigenvalue weighted by Gasteiger charge is -2.37. The maximum Gasteiger partial charge on any atom is 0.142 e. The predicted octanol–water partition coefficient (Wildman–Crippen LogP) is 1.12. The second kappa shape index (κ2) is 5.89. The van der Waals surface area contributed by atoms with Crippen molar-refractivity contribution in [1.82, 2.24) is 5.32 Å². The minimum absolute atomic E-state index is 0.366. The highest BCUT2D eigenvalue weighted by molar-refractivity contribution is 5.59. The number of benzene rings is 1. The summed E-state index contributed by atoms with van der Waals surface area (Å²) in [6.07, 6.45) is 0. The van der Waals surface area contributed by atoms with Crippen LogP contribution in [0.25, 0.3) is 0 Å². The largest absolute Gasteiger partial charge is 0.495 e. The van der Waals surface area contributed by atoms with Crippen molar-refractivity contribution < 1.29 is 9.47 Å². The van der Waals surface area contributed by atoms with Gasteiger partial charge in [0.05, 0.1) is 32.1 Å². The molecular formula is C13H20N2O2. The number of nitrogens with one attached hydrogen (secondary N) is 1. The Hall–Kier alpha value is -1.26. The van der Waals surface area contributed by atoms with Gasteiger partial charge in [-0.1, -0.05) is 12.1 Å². The SMILES string of the molecule is CNCC1COCCN1c1ccccc1OC. The molecule has 1 N–H and O–H groups in total. The Morgan fingerprint density at radius 1 is 1.47 bits per heavy atom. The number of nitrogens with zero attached hydrogens (tertiary/aromatic N) is 1. The van der Waals surface area contributed by atoms with Gasteiger partial charge in [-0.25, -0.2) is 0 Å². The van der Waals surface area contributed by atoms with Gasteiger partial charge >= 0.3 is 0 Å². The number of ether oxygens (including phenoxy) is 2. The number of para-hydroxylation sites is 2. The lowest BCUT2D eigenvalue weighted by Crippen LogP contribution is -2.50. The molecule has 1 unspecified atom stereocenters. The quantitative estimate of drug-likeness (QED) is 0.849. The lowest BCUT2D eigenvalue weighted by molar-refractivity contribution is 0.0940. The van der Waals surface area contributed by atoms with E-state index in [2.05, 4.69) is 16.3 Å². The molecule has 0 radical (unpaired) electrons. The fourth-order valence-corrected chi connectivity index (χ4v) is 2.24. The van der Waals surface area contributed by atoms with Crippen LogP contribution in [0.3, 0.4) is 0 Å². The number of anilines is 1. The van der Waals surface area contributed by atoms with Crippen LogP contribution in [-0.2, 0) is 4.74 Å². The minimum Gasteiger partial charge on any atom is -0.495 e. The van der Waals surface area contributed by atoms with Crippen LogP contribution in [0.15, 0.2) is 24.3 Å². The van der Waals surface area contributed by atoms with E-state index < -0.39 is 0 Å². The van der Waals surface area contributed by atoms with Gasteiger partial charge < -0.3 is 19.7 Å². The molecule has 0 amide bonds. The topological polar surface area (TPSA) is 33.7 Å². The molecule has 0 bridgehead atoms. The van der Waals surface area contributed by atoms with E-state index in [1.807, 2.05) is 25.2 Å². The van der Waals surface area contributed by atoms with Gasteiger partial charge in [0.25, 0.3) is 0 Å². The monoisotopic (exact) mass is 236 g/mol. The smallest absolute Gasteiger partial charge is 0.142 e. The van der Waals surface area contributed by atoms with Gasteiger partial charge in [-0.2, -0.15) is 0 Å². The molecule has 0 aromatic heterocycles. The Morgan fingerprint density at radius 3 is 3.06 bits per heavy atom. The predicted molar refractivity (Wildman–Crippen MR) is 68.9 cm³/mol. The highest BCUT2D eigenvalue weighted by Gasteiger charge is 2.24. The number of methoxy groups -OCH3 is 1. The van der Waals surface area contributed by atoms with E-state index in [-0.39, 0.29) is 0 Å². The summed E-state index contributed by atoms with van der Waals surface area (Å²) in [5, 5.41) is 3.21. The van der Waals surface area contributed by atoms with Gasteiger partial charge in [0.2, 0.25) is 0 Å². The molecule has 4 heteroatoms. The minimum atomic E-state index is 0.366. The molecule has 0 aliphatic carbocycles. The van der Waals surface area contributed by atoms with Crippen LogP contribution in [0.4, 0.5) is 5.69 Å². The van der Waals surface area contributed by atoms with E-state index in [0.717, 1.165) is 37.7 Å². The third-order valence-electron chi connectivity index (χ3n) is 3.06. The molecule has 1 saturated heterocycles. The normalized spacial score (nSPS) is 20.4. The van der Waals surface area contributed by atoms with Crippen molar-refractivity contribution in [2.75, 3.05) is 45.4 Å². The summed E-state index contributed by atoms with van der Waals surface area (Å²) >= 11 is 0. The summed E-state index contributed by atoms with van der Waals surface area (Å²) in [7, 11) is 3.68. The first-order chi connectivity index (χ1) is 8.36. The summed E-state index contributed by atoms with van der Waals surface area (Å²) in [5.74, 6) is 0.926. The molecule has 4 nitrogen and oxygen atoms in total. The molecule has 1 aromatic rings. The van der Waals surface area contributed by atoms with Crippen molar-refractivity contribution in [3.8, 4) is 5.75 Å². The van der Waals surface area contributed by atoms with Crippen LogP contribution in [0, 0.1) is 0 Å². The average molecular weight is 236 g/mol. The fourth-order valence-electron chi connectivity index (χ4n) is 2.24. The molecule has 94 valence electrons. The van der Waals surface area contributed by atoms with E-state index >= 15 is 0 Å². The molecule has 17 heavy (non-hydrogen) atoms. The molecule has 0 spiro atoms. The maximum absolute atomic E-state index is 5.54. The van der Waals surface area contributed by atoms with Crippen LogP contribution >= 0.6 is 0 Å². The van der Waals surface area contributed by atoms with Gasteiger partial charge in [-0.05, 0) is 19.2 Å². The van der Waals surface area contributed by atoms with Crippen LogP contribution in [0.5, 0.6) is 5.75 Å². The summed E-state index contributed by atoms with van der Waals surface area (Å²) in [4.78, 5) is 2.36. The van der Waals surface area contributed by atoms with Crippen LogP contribution in [0.2, 0.25) is 0 Å². The Kier molecular flexibility index (Phi) is 4.23. The first-order valence-corrected chi connectivity index (χ1v) is 5.99. The second-order valence-corrected chi connectivity index (χ2v) is 4.15. The molecule has 1 aromatic carbocycles. The fraction of sp³-hybridized carbons (Fsp3) is 0.538. The van der Waals surface area contributed by atoms with Crippen LogP contribution in [0.1, 0.15) is 0 Å². The zero-order chi connectivity index (χ0) is 12.1.